The van der Waals surface area contributed by atoms with Gasteiger partial charge in [-0.1, -0.05) is 28.9 Å². The quantitative estimate of drug-likeness (QED) is 0.244. The summed E-state index contributed by atoms with van der Waals surface area (Å²) in [7, 11) is 0. The number of aromatic nitrogens is 5. The van der Waals surface area contributed by atoms with Crippen LogP contribution in [0, 0.1) is 0 Å². The van der Waals surface area contributed by atoms with E-state index in [1.807, 2.05) is 80.6 Å². The van der Waals surface area contributed by atoms with Crippen LogP contribution in [0.25, 0.3) is 28.1 Å². The van der Waals surface area contributed by atoms with Gasteiger partial charge in [0, 0.05) is 17.2 Å². The second-order valence-electron chi connectivity index (χ2n) is 8.34. The lowest BCUT2D eigenvalue weighted by Gasteiger charge is -2.05. The third kappa shape index (κ3) is 5.02. The van der Waals surface area contributed by atoms with Crippen LogP contribution in [0.5, 0.6) is 5.75 Å². The van der Waals surface area contributed by atoms with E-state index in [1.165, 1.54) is 0 Å². The number of aliphatic imine (C=N–C) groups is 1. The van der Waals surface area contributed by atoms with Gasteiger partial charge < -0.3 is 15.5 Å². The molecule has 176 valence electrons. The number of hydrogen-bond donors (Lipinski definition) is 2. The summed E-state index contributed by atoms with van der Waals surface area (Å²) in [5.74, 6) is 2.01. The van der Waals surface area contributed by atoms with Gasteiger partial charge in [-0.15, -0.1) is 5.10 Å². The Bertz CT molecular complexity index is 1500. The van der Waals surface area contributed by atoms with Crippen molar-refractivity contribution in [1.82, 2.24) is 25.0 Å². The lowest BCUT2D eigenvalue weighted by Crippen LogP contribution is -2.15. The van der Waals surface area contributed by atoms with Gasteiger partial charge in [-0.2, -0.15) is 0 Å². The molecule has 8 nitrogen and oxygen atoms in total. The molecule has 0 atom stereocenters. The fourth-order valence-electron chi connectivity index (χ4n) is 3.64. The highest BCUT2D eigenvalue weighted by molar-refractivity contribution is 6.32. The van der Waals surface area contributed by atoms with Crippen LogP contribution < -0.4 is 10.5 Å². The van der Waals surface area contributed by atoms with Crippen LogP contribution in [0.15, 0.2) is 77.9 Å². The van der Waals surface area contributed by atoms with Crippen molar-refractivity contribution in [2.75, 3.05) is 0 Å². The number of aromatic amines is 1. The smallest absolute Gasteiger partial charge is 0.138 e. The zero-order chi connectivity index (χ0) is 24.4. The van der Waals surface area contributed by atoms with E-state index in [4.69, 9.17) is 27.1 Å². The van der Waals surface area contributed by atoms with Crippen molar-refractivity contribution in [3.8, 4) is 22.8 Å². The Morgan fingerprint density at radius 2 is 1.91 bits per heavy atom. The Hall–Kier alpha value is -4.17. The fourth-order valence-corrected chi connectivity index (χ4v) is 3.87. The molecule has 35 heavy (non-hydrogen) atoms. The summed E-state index contributed by atoms with van der Waals surface area (Å²) in [6.45, 7) is 4.28. The molecule has 0 aliphatic heterocycles. The molecule has 9 heteroatoms. The van der Waals surface area contributed by atoms with Gasteiger partial charge in [-0.25, -0.2) is 9.67 Å². The van der Waals surface area contributed by atoms with Crippen molar-refractivity contribution in [3.63, 3.8) is 0 Å². The van der Waals surface area contributed by atoms with Gasteiger partial charge in [0.25, 0.3) is 0 Å². The van der Waals surface area contributed by atoms with Crippen LogP contribution in [0.1, 0.15) is 25.1 Å². The number of halogens is 1. The average molecular weight is 486 g/mol. The molecule has 0 aliphatic rings. The van der Waals surface area contributed by atoms with Crippen molar-refractivity contribution in [2.45, 2.75) is 26.5 Å². The van der Waals surface area contributed by atoms with E-state index < -0.39 is 0 Å². The van der Waals surface area contributed by atoms with Crippen molar-refractivity contribution < 1.29 is 4.74 Å². The van der Waals surface area contributed by atoms with Crippen LogP contribution in [-0.2, 0) is 6.61 Å². The van der Waals surface area contributed by atoms with Crippen LogP contribution in [-0.4, -0.2) is 36.8 Å². The molecule has 0 radical (unpaired) electrons. The van der Waals surface area contributed by atoms with Crippen LogP contribution >= 0.6 is 11.6 Å². The molecule has 2 aromatic heterocycles. The van der Waals surface area contributed by atoms with Crippen molar-refractivity contribution in [3.05, 3.63) is 89.2 Å². The van der Waals surface area contributed by atoms with Crippen LogP contribution in [0.3, 0.4) is 0 Å². The molecule has 3 N–H and O–H groups in total. The maximum atomic E-state index is 6.23. The third-order valence-electron chi connectivity index (χ3n) is 5.33. The number of hydrogen-bond acceptors (Lipinski definition) is 5. The predicted octanol–water partition coefficient (Wildman–Crippen LogP) is 5.16. The lowest BCUT2D eigenvalue weighted by molar-refractivity contribution is 0.301. The fraction of sp³-hybridized carbons (Fsp3) is 0.154. The van der Waals surface area contributed by atoms with E-state index in [1.54, 1.807) is 10.9 Å². The van der Waals surface area contributed by atoms with Gasteiger partial charge in [0.05, 0.1) is 27.9 Å². The summed E-state index contributed by atoms with van der Waals surface area (Å²) in [5, 5.41) is 8.92. The summed E-state index contributed by atoms with van der Waals surface area (Å²) in [6.07, 6.45) is 1.80. The first kappa shape index (κ1) is 22.6. The number of nitrogens with zero attached hydrogens (tertiary/aromatic N) is 5. The number of fused-ring (bicyclic) bond motifs is 1. The number of imidazole rings is 1. The molecule has 5 rings (SSSR count). The van der Waals surface area contributed by atoms with Gasteiger partial charge in [-0.3, -0.25) is 4.99 Å². The summed E-state index contributed by atoms with van der Waals surface area (Å²) in [4.78, 5) is 12.5. The number of nitrogens with two attached hydrogens (primary N) is 1. The van der Waals surface area contributed by atoms with E-state index in [-0.39, 0.29) is 12.6 Å². The number of benzene rings is 3. The average Bonchev–Trinajstić information content (AvgIpc) is 3.49. The number of para-hydroxylation sites is 1. The first-order valence-electron chi connectivity index (χ1n) is 11.2. The molecule has 0 spiro atoms. The summed E-state index contributed by atoms with van der Waals surface area (Å²) in [5.41, 5.74) is 11.2. The van der Waals surface area contributed by atoms with Crippen molar-refractivity contribution >= 4 is 28.5 Å². The molecule has 0 fully saturated rings. The molecule has 0 amide bonds. The second-order valence-corrected chi connectivity index (χ2v) is 8.75. The van der Waals surface area contributed by atoms with Gasteiger partial charge in [0.2, 0.25) is 0 Å². The van der Waals surface area contributed by atoms with E-state index in [2.05, 4.69) is 20.3 Å². The highest BCUT2D eigenvalue weighted by Gasteiger charge is 2.10. The molecule has 0 unspecified atom stereocenters. The van der Waals surface area contributed by atoms with E-state index in [0.29, 0.717) is 16.6 Å². The molecule has 3 aromatic carbocycles. The molecule has 0 bridgehead atoms. The third-order valence-corrected chi connectivity index (χ3v) is 5.65. The van der Waals surface area contributed by atoms with Crippen LogP contribution in [0.2, 0.25) is 5.02 Å². The van der Waals surface area contributed by atoms with Gasteiger partial charge >= 0.3 is 0 Å². The number of H-pyrrole nitrogens is 1. The SMILES string of the molecule is CC(C)N=C(N)c1ccc2nc(-c3ccc(OCc4cn(-c5ccccc5Cl)nn4)cc3)[nH]c2c1. The summed E-state index contributed by atoms with van der Waals surface area (Å²) >= 11 is 6.23. The summed E-state index contributed by atoms with van der Waals surface area (Å²) in [6, 6.07) is 21.2. The normalized spacial score (nSPS) is 11.9. The Morgan fingerprint density at radius 3 is 2.69 bits per heavy atom. The highest BCUT2D eigenvalue weighted by atomic mass is 35.5. The second kappa shape index (κ2) is 9.60. The maximum absolute atomic E-state index is 6.23. The van der Waals surface area contributed by atoms with E-state index >= 15 is 0 Å². The monoisotopic (exact) mass is 485 g/mol. The molecule has 0 saturated carbocycles. The van der Waals surface area contributed by atoms with Gasteiger partial charge in [0.15, 0.2) is 0 Å². The molecule has 2 heterocycles. The van der Waals surface area contributed by atoms with Crippen LogP contribution in [0.4, 0.5) is 0 Å². The topological polar surface area (TPSA) is 107 Å². The minimum absolute atomic E-state index is 0.137. The number of nitrogens with one attached hydrogen (secondary N) is 1. The Labute approximate surface area is 207 Å². The Morgan fingerprint density at radius 1 is 1.11 bits per heavy atom. The lowest BCUT2D eigenvalue weighted by atomic mass is 10.2. The Kier molecular flexibility index (Phi) is 6.20. The standard InChI is InChI=1S/C26H24ClN7O/c1-16(2)29-25(28)18-9-12-22-23(13-18)31-26(30-22)17-7-10-20(11-8-17)35-15-19-14-34(33-32-19)24-6-4-3-5-21(24)27/h3-14,16H,15H2,1-2H3,(H2,28,29)(H,30,31). The van der Waals surface area contributed by atoms with Gasteiger partial charge in [0.1, 0.15) is 29.7 Å². The van der Waals surface area contributed by atoms with Crippen molar-refractivity contribution in [2.24, 2.45) is 10.7 Å². The molecule has 0 aliphatic carbocycles. The molecule has 5 aromatic rings. The zero-order valence-electron chi connectivity index (χ0n) is 19.3. The van der Waals surface area contributed by atoms with Gasteiger partial charge in [-0.05, 0) is 68.4 Å². The first-order valence-corrected chi connectivity index (χ1v) is 11.6. The molecule has 0 saturated heterocycles. The Balaban J connectivity index is 1.27. The number of rotatable bonds is 7. The van der Waals surface area contributed by atoms with E-state index in [9.17, 15) is 0 Å². The number of amidine groups is 1. The first-order chi connectivity index (χ1) is 17.0. The maximum Gasteiger partial charge on any atom is 0.138 e. The minimum Gasteiger partial charge on any atom is -0.487 e. The van der Waals surface area contributed by atoms with E-state index in [0.717, 1.165) is 39.4 Å². The highest BCUT2D eigenvalue weighted by Crippen LogP contribution is 2.24. The van der Waals surface area contributed by atoms with Crippen molar-refractivity contribution in [1.29, 1.82) is 0 Å². The summed E-state index contributed by atoms with van der Waals surface area (Å²) < 4.78 is 7.53. The zero-order valence-corrected chi connectivity index (χ0v) is 20.1. The number of ether oxygens (including phenoxy) is 1. The minimum atomic E-state index is 0.137. The largest absolute Gasteiger partial charge is 0.487 e. The predicted molar refractivity (Wildman–Crippen MR) is 138 cm³/mol. The molecular formula is C26H24ClN7O. The molecular weight excluding hydrogens is 462 g/mol.